The van der Waals surface area contributed by atoms with Crippen LogP contribution in [0.1, 0.15) is 40.0 Å². The summed E-state index contributed by atoms with van der Waals surface area (Å²) in [7, 11) is 0. The van der Waals surface area contributed by atoms with Crippen LogP contribution in [0.25, 0.3) is 0 Å². The molecule has 0 spiro atoms. The SMILES string of the molecule is CCNC(=NCCCn1cccn1)NCCCCN(CC)CC. The zero-order chi connectivity index (χ0) is 16.8. The van der Waals surface area contributed by atoms with Crippen molar-refractivity contribution in [1.82, 2.24) is 25.3 Å². The molecule has 2 N–H and O–H groups in total. The molecule has 0 fully saturated rings. The highest BCUT2D eigenvalue weighted by Gasteiger charge is 2.00. The van der Waals surface area contributed by atoms with E-state index in [0.717, 1.165) is 51.6 Å². The minimum atomic E-state index is 0.814. The summed E-state index contributed by atoms with van der Waals surface area (Å²) in [5, 5.41) is 10.9. The van der Waals surface area contributed by atoms with Gasteiger partial charge < -0.3 is 15.5 Å². The fourth-order valence-corrected chi connectivity index (χ4v) is 2.41. The first-order valence-electron chi connectivity index (χ1n) is 9.02. The average Bonchev–Trinajstić information content (AvgIpc) is 3.08. The molecule has 0 radical (unpaired) electrons. The summed E-state index contributed by atoms with van der Waals surface area (Å²) in [6.45, 7) is 13.6. The summed E-state index contributed by atoms with van der Waals surface area (Å²) in [5.74, 6) is 0.927. The van der Waals surface area contributed by atoms with E-state index < -0.39 is 0 Å². The molecule has 1 rings (SSSR count). The lowest BCUT2D eigenvalue weighted by Gasteiger charge is -2.18. The smallest absolute Gasteiger partial charge is 0.191 e. The fourth-order valence-electron chi connectivity index (χ4n) is 2.41. The van der Waals surface area contributed by atoms with Gasteiger partial charge >= 0.3 is 0 Å². The highest BCUT2D eigenvalue weighted by atomic mass is 15.3. The molecule has 23 heavy (non-hydrogen) atoms. The number of aliphatic imine (C=N–C) groups is 1. The van der Waals surface area contributed by atoms with Crippen LogP contribution in [-0.4, -0.2) is 59.9 Å². The Morgan fingerprint density at radius 2 is 1.96 bits per heavy atom. The van der Waals surface area contributed by atoms with E-state index >= 15 is 0 Å². The summed E-state index contributed by atoms with van der Waals surface area (Å²) in [6, 6.07) is 1.95. The predicted octanol–water partition coefficient (Wildman–Crippen LogP) is 1.95. The molecule has 0 saturated heterocycles. The van der Waals surface area contributed by atoms with Crippen molar-refractivity contribution >= 4 is 5.96 Å². The maximum absolute atomic E-state index is 4.62. The number of aromatic nitrogens is 2. The van der Waals surface area contributed by atoms with Gasteiger partial charge in [-0.25, -0.2) is 0 Å². The Hall–Kier alpha value is -1.56. The van der Waals surface area contributed by atoms with Crippen LogP contribution in [0.3, 0.4) is 0 Å². The van der Waals surface area contributed by atoms with Gasteiger partial charge in [-0.1, -0.05) is 13.8 Å². The molecule has 0 aliphatic rings. The lowest BCUT2D eigenvalue weighted by molar-refractivity contribution is 0.297. The third kappa shape index (κ3) is 9.23. The Balaban J connectivity index is 2.16. The molecule has 0 aromatic carbocycles. The molecular weight excluding hydrogens is 288 g/mol. The van der Waals surface area contributed by atoms with Crippen molar-refractivity contribution in [2.24, 2.45) is 4.99 Å². The van der Waals surface area contributed by atoms with Gasteiger partial charge in [0, 0.05) is 38.6 Å². The van der Waals surface area contributed by atoms with Crippen LogP contribution in [0, 0.1) is 0 Å². The van der Waals surface area contributed by atoms with Crippen LogP contribution >= 0.6 is 0 Å². The number of rotatable bonds is 12. The number of unbranched alkanes of at least 4 members (excludes halogenated alkanes) is 1. The molecule has 1 aromatic heterocycles. The Morgan fingerprint density at radius 1 is 1.13 bits per heavy atom. The van der Waals surface area contributed by atoms with Gasteiger partial charge in [0.25, 0.3) is 0 Å². The zero-order valence-electron chi connectivity index (χ0n) is 15.1. The average molecular weight is 323 g/mol. The maximum Gasteiger partial charge on any atom is 0.191 e. The summed E-state index contributed by atoms with van der Waals surface area (Å²) >= 11 is 0. The number of aryl methyl sites for hydroxylation is 1. The Kier molecular flexibility index (Phi) is 11.0. The molecule has 1 heterocycles. The van der Waals surface area contributed by atoms with E-state index in [0.29, 0.717) is 0 Å². The van der Waals surface area contributed by atoms with Gasteiger partial charge in [0.15, 0.2) is 5.96 Å². The number of hydrogen-bond donors (Lipinski definition) is 2. The fraction of sp³-hybridized carbons (Fsp3) is 0.765. The van der Waals surface area contributed by atoms with Crippen molar-refractivity contribution in [2.45, 2.75) is 46.6 Å². The van der Waals surface area contributed by atoms with Gasteiger partial charge in [-0.05, 0) is 51.9 Å². The van der Waals surface area contributed by atoms with Crippen LogP contribution in [-0.2, 0) is 6.54 Å². The van der Waals surface area contributed by atoms with Gasteiger partial charge in [-0.2, -0.15) is 5.10 Å². The molecule has 6 nitrogen and oxygen atoms in total. The molecule has 0 unspecified atom stereocenters. The second-order valence-corrected chi connectivity index (χ2v) is 5.54. The lowest BCUT2D eigenvalue weighted by atomic mass is 10.3. The summed E-state index contributed by atoms with van der Waals surface area (Å²) in [6.07, 6.45) is 7.21. The molecular formula is C17H34N6. The minimum Gasteiger partial charge on any atom is -0.357 e. The van der Waals surface area contributed by atoms with Crippen LogP contribution < -0.4 is 10.6 Å². The van der Waals surface area contributed by atoms with E-state index in [4.69, 9.17) is 0 Å². The predicted molar refractivity (Wildman–Crippen MR) is 97.8 cm³/mol. The van der Waals surface area contributed by atoms with E-state index in [9.17, 15) is 0 Å². The Bertz CT molecular complexity index is 397. The van der Waals surface area contributed by atoms with Crippen molar-refractivity contribution in [2.75, 3.05) is 39.3 Å². The first-order valence-corrected chi connectivity index (χ1v) is 9.02. The largest absolute Gasteiger partial charge is 0.357 e. The molecule has 0 aliphatic carbocycles. The topological polar surface area (TPSA) is 57.5 Å². The van der Waals surface area contributed by atoms with Gasteiger partial charge in [0.1, 0.15) is 0 Å². The molecule has 0 bridgehead atoms. The normalized spacial score (nSPS) is 11.9. The molecule has 132 valence electrons. The first kappa shape index (κ1) is 19.5. The molecule has 0 saturated carbocycles. The lowest BCUT2D eigenvalue weighted by Crippen LogP contribution is -2.38. The molecule has 6 heteroatoms. The molecule has 0 atom stereocenters. The van der Waals surface area contributed by atoms with Crippen molar-refractivity contribution in [3.8, 4) is 0 Å². The third-order valence-corrected chi connectivity index (χ3v) is 3.81. The summed E-state index contributed by atoms with van der Waals surface area (Å²) in [4.78, 5) is 7.09. The molecule has 1 aromatic rings. The molecule has 0 amide bonds. The van der Waals surface area contributed by atoms with E-state index in [2.05, 4.69) is 46.4 Å². The second kappa shape index (κ2) is 12.9. The number of hydrogen-bond acceptors (Lipinski definition) is 3. The van der Waals surface area contributed by atoms with E-state index in [1.807, 2.05) is 23.1 Å². The highest BCUT2D eigenvalue weighted by Crippen LogP contribution is 1.94. The Labute approximate surface area is 141 Å². The monoisotopic (exact) mass is 322 g/mol. The summed E-state index contributed by atoms with van der Waals surface area (Å²) in [5.41, 5.74) is 0. The van der Waals surface area contributed by atoms with Crippen molar-refractivity contribution < 1.29 is 0 Å². The van der Waals surface area contributed by atoms with Crippen molar-refractivity contribution in [3.05, 3.63) is 18.5 Å². The van der Waals surface area contributed by atoms with Crippen molar-refractivity contribution in [3.63, 3.8) is 0 Å². The van der Waals surface area contributed by atoms with Gasteiger partial charge in [-0.15, -0.1) is 0 Å². The highest BCUT2D eigenvalue weighted by molar-refractivity contribution is 5.79. The van der Waals surface area contributed by atoms with Crippen LogP contribution in [0.2, 0.25) is 0 Å². The zero-order valence-corrected chi connectivity index (χ0v) is 15.1. The maximum atomic E-state index is 4.62. The van der Waals surface area contributed by atoms with E-state index in [1.165, 1.54) is 19.4 Å². The Morgan fingerprint density at radius 3 is 2.61 bits per heavy atom. The van der Waals surface area contributed by atoms with Crippen molar-refractivity contribution in [1.29, 1.82) is 0 Å². The van der Waals surface area contributed by atoms with Gasteiger partial charge in [0.2, 0.25) is 0 Å². The van der Waals surface area contributed by atoms with Gasteiger partial charge in [0.05, 0.1) is 0 Å². The number of guanidine groups is 1. The van der Waals surface area contributed by atoms with E-state index in [-0.39, 0.29) is 0 Å². The second-order valence-electron chi connectivity index (χ2n) is 5.54. The van der Waals surface area contributed by atoms with Crippen LogP contribution in [0.5, 0.6) is 0 Å². The van der Waals surface area contributed by atoms with Crippen LogP contribution in [0.4, 0.5) is 0 Å². The summed E-state index contributed by atoms with van der Waals surface area (Å²) < 4.78 is 1.95. The third-order valence-electron chi connectivity index (χ3n) is 3.81. The van der Waals surface area contributed by atoms with Gasteiger partial charge in [-0.3, -0.25) is 9.67 Å². The van der Waals surface area contributed by atoms with E-state index in [1.54, 1.807) is 0 Å². The minimum absolute atomic E-state index is 0.814. The quantitative estimate of drug-likeness (QED) is 0.351. The number of nitrogens with zero attached hydrogens (tertiary/aromatic N) is 4. The molecule has 0 aliphatic heterocycles. The first-order chi connectivity index (χ1) is 11.3. The number of nitrogens with one attached hydrogen (secondary N) is 2. The van der Waals surface area contributed by atoms with Crippen LogP contribution in [0.15, 0.2) is 23.5 Å². The standard InChI is InChI=1S/C17H34N6/c1-4-18-17(19-11-7-8-14-22(5-2)6-3)20-12-9-15-23-16-10-13-21-23/h10,13,16H,4-9,11-12,14-15H2,1-3H3,(H2,18,19,20).